The van der Waals surface area contributed by atoms with E-state index in [-0.39, 0.29) is 29.7 Å². The SMILES string of the molecule is CC[C@@]12C=C(C(=O)C[N+](=CO)C(C)=O)n3c4c(c5ccccc53)CCN(CCC1)[C@H]42. The zero-order valence-corrected chi connectivity index (χ0v) is 17.6. The molecule has 1 saturated heterocycles. The van der Waals surface area contributed by atoms with Crippen LogP contribution in [0.15, 0.2) is 30.3 Å². The third-order valence-corrected chi connectivity index (χ3v) is 7.39. The molecule has 0 saturated carbocycles. The maximum Gasteiger partial charge on any atom is 0.386 e. The largest absolute Gasteiger partial charge is 0.465 e. The number of amides is 1. The lowest BCUT2D eigenvalue weighted by Crippen LogP contribution is -2.51. The van der Waals surface area contributed by atoms with Gasteiger partial charge in [-0.2, -0.15) is 0 Å². The molecule has 6 heteroatoms. The van der Waals surface area contributed by atoms with Gasteiger partial charge in [0.2, 0.25) is 12.3 Å². The van der Waals surface area contributed by atoms with E-state index < -0.39 is 0 Å². The number of carbonyl (C=O) groups is 2. The molecule has 4 heterocycles. The van der Waals surface area contributed by atoms with Crippen molar-refractivity contribution in [3.05, 3.63) is 41.6 Å². The van der Waals surface area contributed by atoms with Crippen LogP contribution in [0, 0.1) is 5.41 Å². The number of nitrogens with zero attached hydrogens (tertiary/aromatic N) is 3. The fraction of sp³-hybridized carbons (Fsp3) is 0.458. The van der Waals surface area contributed by atoms with Crippen LogP contribution in [0.3, 0.4) is 0 Å². The molecule has 2 aromatic rings. The van der Waals surface area contributed by atoms with Crippen LogP contribution in [0.5, 0.6) is 0 Å². The molecular formula is C24H28N3O3+. The second-order valence-electron chi connectivity index (χ2n) is 8.81. The average molecular weight is 407 g/mol. The van der Waals surface area contributed by atoms with E-state index in [4.69, 9.17) is 0 Å². The molecule has 3 aliphatic heterocycles. The molecule has 156 valence electrons. The van der Waals surface area contributed by atoms with Crippen molar-refractivity contribution in [2.75, 3.05) is 19.6 Å². The summed E-state index contributed by atoms with van der Waals surface area (Å²) in [6.45, 7) is 5.57. The van der Waals surface area contributed by atoms with Crippen LogP contribution in [-0.4, -0.2) is 56.9 Å². The normalized spacial score (nSPS) is 25.7. The van der Waals surface area contributed by atoms with Crippen LogP contribution in [0.4, 0.5) is 0 Å². The molecule has 2 atom stereocenters. The third kappa shape index (κ3) is 2.56. The van der Waals surface area contributed by atoms with Gasteiger partial charge in [-0.05, 0) is 49.9 Å². The van der Waals surface area contributed by atoms with Crippen molar-refractivity contribution in [2.45, 2.75) is 45.6 Å². The van der Waals surface area contributed by atoms with Gasteiger partial charge in [0.1, 0.15) is 0 Å². The van der Waals surface area contributed by atoms with Crippen molar-refractivity contribution in [3.8, 4) is 0 Å². The summed E-state index contributed by atoms with van der Waals surface area (Å²) in [5, 5.41) is 10.7. The van der Waals surface area contributed by atoms with Crippen LogP contribution in [0.25, 0.3) is 16.6 Å². The molecule has 0 bridgehead atoms. The molecule has 1 aromatic heterocycles. The van der Waals surface area contributed by atoms with Gasteiger partial charge in [0.05, 0.1) is 24.2 Å². The van der Waals surface area contributed by atoms with E-state index in [0.29, 0.717) is 12.1 Å². The molecule has 0 radical (unpaired) electrons. The Balaban J connectivity index is 1.76. The smallest absolute Gasteiger partial charge is 0.386 e. The standard InChI is InChI=1S/C24H27N3O3/c1-3-24-10-6-11-25-12-9-18-17-7-4-5-8-19(17)27(22(18)23(24)25)20(13-24)21(30)14-26(15-28)16(2)29/h4-5,7-8,13,15,23H,3,6,9-12,14H2,1-2H3/p+1/t23-,24+/m1/s1. The van der Waals surface area contributed by atoms with Gasteiger partial charge in [0.15, 0.2) is 0 Å². The molecule has 1 amide bonds. The zero-order chi connectivity index (χ0) is 21.0. The molecule has 0 aliphatic carbocycles. The first-order chi connectivity index (χ1) is 14.5. The summed E-state index contributed by atoms with van der Waals surface area (Å²) in [6, 6.07) is 8.62. The Hall–Kier alpha value is -2.73. The molecule has 1 N–H and O–H groups in total. The van der Waals surface area contributed by atoms with E-state index in [0.717, 1.165) is 48.9 Å². The van der Waals surface area contributed by atoms with Crippen molar-refractivity contribution >= 4 is 34.7 Å². The fourth-order valence-corrected chi connectivity index (χ4v) is 5.95. The minimum absolute atomic E-state index is 0.0766. The number of rotatable bonds is 4. The molecule has 5 rings (SSSR count). The van der Waals surface area contributed by atoms with Crippen molar-refractivity contribution in [3.63, 3.8) is 0 Å². The number of aliphatic hydroxyl groups is 1. The monoisotopic (exact) mass is 406 g/mol. The van der Waals surface area contributed by atoms with E-state index in [1.807, 2.05) is 6.07 Å². The molecular weight excluding hydrogens is 378 g/mol. The maximum absolute atomic E-state index is 13.5. The number of carbonyl (C=O) groups excluding carboxylic acids is 2. The topological polar surface area (TPSA) is 65.5 Å². The highest BCUT2D eigenvalue weighted by atomic mass is 16.3. The van der Waals surface area contributed by atoms with Gasteiger partial charge in [-0.25, -0.2) is 4.79 Å². The van der Waals surface area contributed by atoms with Crippen molar-refractivity contribution in [2.24, 2.45) is 5.41 Å². The van der Waals surface area contributed by atoms with Crippen LogP contribution in [-0.2, 0) is 16.0 Å². The number of piperidine rings is 1. The van der Waals surface area contributed by atoms with Crippen LogP contribution in [0.2, 0.25) is 0 Å². The Bertz CT molecular complexity index is 1130. The average Bonchev–Trinajstić information content (AvgIpc) is 3.10. The lowest BCUT2D eigenvalue weighted by atomic mass is 9.66. The van der Waals surface area contributed by atoms with Crippen molar-refractivity contribution < 1.29 is 19.3 Å². The van der Waals surface area contributed by atoms with Crippen LogP contribution >= 0.6 is 0 Å². The molecule has 1 fully saturated rings. The molecule has 1 aromatic carbocycles. The first-order valence-electron chi connectivity index (χ1n) is 10.9. The number of aromatic nitrogens is 1. The molecule has 3 aliphatic rings. The molecule has 0 unspecified atom stereocenters. The minimum Gasteiger partial charge on any atom is -0.465 e. The number of Topliss-reactive ketones (excluding diaryl/α,β-unsaturated/α-hetero) is 1. The maximum atomic E-state index is 13.5. The van der Waals surface area contributed by atoms with Gasteiger partial charge in [-0.15, -0.1) is 4.58 Å². The van der Waals surface area contributed by atoms with Gasteiger partial charge < -0.3 is 9.67 Å². The minimum atomic E-state index is -0.353. The zero-order valence-electron chi connectivity index (χ0n) is 17.6. The number of hydrogen-bond donors (Lipinski definition) is 1. The predicted octanol–water partition coefficient (Wildman–Crippen LogP) is 3.30. The van der Waals surface area contributed by atoms with E-state index in [9.17, 15) is 14.7 Å². The highest BCUT2D eigenvalue weighted by Gasteiger charge is 2.51. The quantitative estimate of drug-likeness (QED) is 0.481. The highest BCUT2D eigenvalue weighted by molar-refractivity contribution is 6.18. The van der Waals surface area contributed by atoms with Gasteiger partial charge in [0.25, 0.3) is 0 Å². The lowest BCUT2D eigenvalue weighted by Gasteiger charge is -2.53. The van der Waals surface area contributed by atoms with E-state index in [2.05, 4.69) is 40.7 Å². The first kappa shape index (κ1) is 19.2. The summed E-state index contributed by atoms with van der Waals surface area (Å²) < 4.78 is 3.22. The fourth-order valence-electron chi connectivity index (χ4n) is 5.95. The number of hydrogen-bond acceptors (Lipinski definition) is 3. The highest BCUT2D eigenvalue weighted by Crippen LogP contribution is 2.57. The first-order valence-corrected chi connectivity index (χ1v) is 10.9. The third-order valence-electron chi connectivity index (χ3n) is 7.39. The number of para-hydroxylation sites is 1. The van der Waals surface area contributed by atoms with E-state index in [1.54, 1.807) is 0 Å². The summed E-state index contributed by atoms with van der Waals surface area (Å²) in [7, 11) is 0. The van der Waals surface area contributed by atoms with Gasteiger partial charge in [0, 0.05) is 23.0 Å². The summed E-state index contributed by atoms with van der Waals surface area (Å²) in [5.74, 6) is -0.499. The Morgan fingerprint density at radius 2 is 2.10 bits per heavy atom. The van der Waals surface area contributed by atoms with Crippen LogP contribution in [0.1, 0.15) is 50.4 Å². The Morgan fingerprint density at radius 1 is 1.30 bits per heavy atom. The van der Waals surface area contributed by atoms with E-state index >= 15 is 0 Å². The summed E-state index contributed by atoms with van der Waals surface area (Å²) in [6.07, 6.45) is 7.04. The van der Waals surface area contributed by atoms with Crippen LogP contribution < -0.4 is 0 Å². The summed E-state index contributed by atoms with van der Waals surface area (Å²) in [5.41, 5.74) is 4.25. The van der Waals surface area contributed by atoms with Gasteiger partial charge >= 0.3 is 12.3 Å². The molecule has 30 heavy (non-hydrogen) atoms. The number of ketones is 1. The molecule has 6 nitrogen and oxygen atoms in total. The number of fused-ring (bicyclic) bond motifs is 3. The Labute approximate surface area is 176 Å². The van der Waals surface area contributed by atoms with Crippen molar-refractivity contribution in [1.29, 1.82) is 0 Å². The van der Waals surface area contributed by atoms with Gasteiger partial charge in [-0.1, -0.05) is 25.1 Å². The lowest BCUT2D eigenvalue weighted by molar-refractivity contribution is -0.438. The summed E-state index contributed by atoms with van der Waals surface area (Å²) >= 11 is 0. The Morgan fingerprint density at radius 3 is 2.83 bits per heavy atom. The second-order valence-corrected chi connectivity index (χ2v) is 8.81. The summed E-state index contributed by atoms with van der Waals surface area (Å²) in [4.78, 5) is 27.9. The molecule has 0 spiro atoms. The second kappa shape index (κ2) is 6.91. The van der Waals surface area contributed by atoms with E-state index in [1.165, 1.54) is 23.6 Å². The number of benzene rings is 1. The predicted molar refractivity (Wildman–Crippen MR) is 116 cm³/mol. The van der Waals surface area contributed by atoms with Crippen molar-refractivity contribution in [1.82, 2.24) is 9.47 Å². The number of aliphatic hydroxyl groups excluding tert-OH is 1. The Kier molecular flexibility index (Phi) is 4.43. The van der Waals surface area contributed by atoms with Gasteiger partial charge in [-0.3, -0.25) is 9.69 Å².